The maximum Gasteiger partial charge on any atom is 0.331 e. The van der Waals surface area contributed by atoms with E-state index in [-0.39, 0.29) is 5.78 Å². The van der Waals surface area contributed by atoms with Crippen LogP contribution in [-0.2, 0) is 9.53 Å². The van der Waals surface area contributed by atoms with Crippen LogP contribution < -0.4 is 18.9 Å². The molecule has 152 valence electrons. The fraction of sp³-hybridized carbons (Fsp3) is 0.273. The van der Waals surface area contributed by atoms with E-state index in [1.54, 1.807) is 49.6 Å². The van der Waals surface area contributed by atoms with Gasteiger partial charge in [-0.2, -0.15) is 0 Å². The molecule has 2 aromatic carbocycles. The van der Waals surface area contributed by atoms with Gasteiger partial charge >= 0.3 is 5.97 Å². The highest BCUT2D eigenvalue weighted by Gasteiger charge is 2.20. The molecule has 0 radical (unpaired) electrons. The molecular formula is C22H22O7. The number of carbonyl (C=O) groups is 2. The van der Waals surface area contributed by atoms with Crippen LogP contribution in [0, 0.1) is 0 Å². The van der Waals surface area contributed by atoms with E-state index < -0.39 is 12.1 Å². The fourth-order valence-corrected chi connectivity index (χ4v) is 2.81. The minimum Gasteiger partial charge on any atom is -0.497 e. The number of hydrogen-bond donors (Lipinski definition) is 0. The minimum atomic E-state index is -0.921. The fourth-order valence-electron chi connectivity index (χ4n) is 2.81. The molecule has 1 atom stereocenters. The van der Waals surface area contributed by atoms with Crippen LogP contribution in [0.3, 0.4) is 0 Å². The molecule has 1 heterocycles. The third kappa shape index (κ3) is 4.87. The normalized spacial score (nSPS) is 13.6. The molecule has 0 bridgehead atoms. The van der Waals surface area contributed by atoms with Crippen molar-refractivity contribution in [3.8, 4) is 23.0 Å². The molecule has 0 aliphatic carbocycles. The van der Waals surface area contributed by atoms with E-state index in [1.165, 1.54) is 20.1 Å². The van der Waals surface area contributed by atoms with Gasteiger partial charge in [0.2, 0.25) is 11.5 Å². The first-order valence-electron chi connectivity index (χ1n) is 9.06. The highest BCUT2D eigenvalue weighted by atomic mass is 16.6. The van der Waals surface area contributed by atoms with Gasteiger partial charge in [0, 0.05) is 11.6 Å². The second-order valence-electron chi connectivity index (χ2n) is 6.25. The van der Waals surface area contributed by atoms with Gasteiger partial charge in [0.05, 0.1) is 14.2 Å². The Morgan fingerprint density at radius 1 is 1.03 bits per heavy atom. The zero-order valence-corrected chi connectivity index (χ0v) is 16.5. The van der Waals surface area contributed by atoms with Crippen LogP contribution in [0.25, 0.3) is 6.08 Å². The van der Waals surface area contributed by atoms with Crippen LogP contribution in [0.15, 0.2) is 42.5 Å². The van der Waals surface area contributed by atoms with Crippen LogP contribution in [0.2, 0.25) is 0 Å². The van der Waals surface area contributed by atoms with Crippen molar-refractivity contribution >= 4 is 17.8 Å². The molecule has 7 nitrogen and oxygen atoms in total. The summed E-state index contributed by atoms with van der Waals surface area (Å²) in [5.74, 6) is 1.31. The Morgan fingerprint density at radius 2 is 1.76 bits per heavy atom. The molecule has 1 aliphatic rings. The summed E-state index contributed by atoms with van der Waals surface area (Å²) in [7, 11) is 3.08. The first-order valence-corrected chi connectivity index (χ1v) is 9.06. The number of benzene rings is 2. The van der Waals surface area contributed by atoms with Gasteiger partial charge in [0.1, 0.15) is 19.0 Å². The summed E-state index contributed by atoms with van der Waals surface area (Å²) < 4.78 is 26.7. The lowest BCUT2D eigenvalue weighted by Gasteiger charge is -2.20. The third-order valence-electron chi connectivity index (χ3n) is 4.30. The van der Waals surface area contributed by atoms with E-state index in [1.807, 2.05) is 0 Å². The van der Waals surface area contributed by atoms with Crippen molar-refractivity contribution in [2.45, 2.75) is 13.0 Å². The van der Waals surface area contributed by atoms with E-state index in [2.05, 4.69) is 0 Å². The molecule has 0 unspecified atom stereocenters. The van der Waals surface area contributed by atoms with Crippen molar-refractivity contribution in [1.82, 2.24) is 0 Å². The summed E-state index contributed by atoms with van der Waals surface area (Å²) >= 11 is 0. The van der Waals surface area contributed by atoms with E-state index in [4.69, 9.17) is 23.7 Å². The maximum atomic E-state index is 12.4. The van der Waals surface area contributed by atoms with Crippen LogP contribution >= 0.6 is 0 Å². The molecule has 0 saturated carbocycles. The topological polar surface area (TPSA) is 80.3 Å². The lowest BCUT2D eigenvalue weighted by molar-refractivity contribution is -0.140. The Bertz CT molecular complexity index is 898. The smallest absolute Gasteiger partial charge is 0.331 e. The Kier molecular flexibility index (Phi) is 6.39. The highest BCUT2D eigenvalue weighted by molar-refractivity contribution is 6.01. The third-order valence-corrected chi connectivity index (χ3v) is 4.30. The lowest BCUT2D eigenvalue weighted by atomic mass is 10.1. The summed E-state index contributed by atoms with van der Waals surface area (Å²) in [6.07, 6.45) is 1.89. The van der Waals surface area contributed by atoms with Gasteiger partial charge in [-0.15, -0.1) is 0 Å². The van der Waals surface area contributed by atoms with Gasteiger partial charge in [-0.1, -0.05) is 0 Å². The van der Waals surface area contributed by atoms with Crippen molar-refractivity contribution in [2.75, 3.05) is 27.4 Å². The maximum absolute atomic E-state index is 12.4. The van der Waals surface area contributed by atoms with E-state index in [0.717, 1.165) is 0 Å². The number of esters is 1. The molecule has 0 amide bonds. The van der Waals surface area contributed by atoms with E-state index >= 15 is 0 Å². The number of fused-ring (bicyclic) bond motifs is 1. The number of hydrogen-bond acceptors (Lipinski definition) is 7. The number of carbonyl (C=O) groups excluding carboxylic acids is 2. The molecule has 0 spiro atoms. The molecule has 0 fully saturated rings. The summed E-state index contributed by atoms with van der Waals surface area (Å²) in [6, 6.07) is 10.1. The lowest BCUT2D eigenvalue weighted by Crippen LogP contribution is -2.23. The first-order chi connectivity index (χ1) is 14.0. The summed E-state index contributed by atoms with van der Waals surface area (Å²) in [5, 5.41) is 0. The molecule has 0 N–H and O–H groups in total. The molecule has 0 aromatic heterocycles. The molecule has 1 aliphatic heterocycles. The van der Waals surface area contributed by atoms with Crippen molar-refractivity contribution in [1.29, 1.82) is 0 Å². The highest BCUT2D eigenvalue weighted by Crippen LogP contribution is 2.40. The Labute approximate surface area is 168 Å². The van der Waals surface area contributed by atoms with Crippen molar-refractivity contribution in [3.05, 3.63) is 53.6 Å². The predicted octanol–water partition coefficient (Wildman–Crippen LogP) is 3.30. The van der Waals surface area contributed by atoms with Gasteiger partial charge < -0.3 is 23.7 Å². The van der Waals surface area contributed by atoms with Crippen LogP contribution in [0.1, 0.15) is 22.8 Å². The zero-order valence-electron chi connectivity index (χ0n) is 16.5. The predicted molar refractivity (Wildman–Crippen MR) is 106 cm³/mol. The zero-order chi connectivity index (χ0) is 20.8. The summed E-state index contributed by atoms with van der Waals surface area (Å²) in [6.45, 7) is 2.42. The number of methoxy groups -OCH3 is 2. The molecule has 2 aromatic rings. The summed E-state index contributed by atoms with van der Waals surface area (Å²) in [4.78, 5) is 24.5. The molecule has 7 heteroatoms. The molecular weight excluding hydrogens is 376 g/mol. The van der Waals surface area contributed by atoms with Gasteiger partial charge in [0.25, 0.3) is 0 Å². The number of Topliss-reactive ketones (excluding diaryl/α,β-unsaturated/α-hetero) is 1. The number of ketones is 1. The van der Waals surface area contributed by atoms with Crippen LogP contribution in [-0.4, -0.2) is 45.3 Å². The quantitative estimate of drug-likeness (QED) is 0.402. The second-order valence-corrected chi connectivity index (χ2v) is 6.25. The number of ether oxygens (including phenoxy) is 5. The van der Waals surface area contributed by atoms with Gasteiger partial charge in [-0.3, -0.25) is 4.79 Å². The van der Waals surface area contributed by atoms with Crippen LogP contribution in [0.4, 0.5) is 0 Å². The largest absolute Gasteiger partial charge is 0.497 e. The first kappa shape index (κ1) is 20.3. The minimum absolute atomic E-state index is 0.296. The average molecular weight is 398 g/mol. The van der Waals surface area contributed by atoms with Crippen molar-refractivity contribution < 1.29 is 33.3 Å². The average Bonchev–Trinajstić information content (AvgIpc) is 2.76. The van der Waals surface area contributed by atoms with Gasteiger partial charge in [-0.05, 0) is 55.0 Å². The van der Waals surface area contributed by atoms with E-state index in [0.29, 0.717) is 47.3 Å². The molecule has 3 rings (SSSR count). The van der Waals surface area contributed by atoms with Gasteiger partial charge in [0.15, 0.2) is 17.6 Å². The van der Waals surface area contributed by atoms with E-state index in [9.17, 15) is 9.59 Å². The Morgan fingerprint density at radius 3 is 2.45 bits per heavy atom. The SMILES string of the molecule is COc1ccc(C(=O)[C@@H](C)OC(=O)/C=C/c2cc(OC)c3c(c2)OCCO3)cc1. The standard InChI is InChI=1S/C22H22O7/c1-14(21(24)16-5-7-17(25-2)8-6-16)29-20(23)9-4-15-12-18(26-3)22-19(13-15)27-10-11-28-22/h4-9,12-14H,10-11H2,1-3H3/b9-4+/t14-/m1/s1. The Hall–Kier alpha value is -3.48. The monoisotopic (exact) mass is 398 g/mol. The van der Waals surface area contributed by atoms with Gasteiger partial charge in [-0.25, -0.2) is 4.79 Å². The van der Waals surface area contributed by atoms with Crippen molar-refractivity contribution in [2.24, 2.45) is 0 Å². The Balaban J connectivity index is 1.65. The van der Waals surface area contributed by atoms with Crippen LogP contribution in [0.5, 0.6) is 23.0 Å². The number of rotatable bonds is 7. The van der Waals surface area contributed by atoms with Crippen molar-refractivity contribution in [3.63, 3.8) is 0 Å². The molecule has 0 saturated heterocycles. The summed E-state index contributed by atoms with van der Waals surface area (Å²) in [5.41, 5.74) is 1.11. The molecule has 29 heavy (non-hydrogen) atoms. The second kappa shape index (κ2) is 9.14.